The molecule has 82 valence electrons. The zero-order chi connectivity index (χ0) is 11.1. The molecule has 0 spiro atoms. The van der Waals surface area contributed by atoms with Crippen LogP contribution < -0.4 is 5.73 Å². The molecule has 0 saturated heterocycles. The Morgan fingerprint density at radius 1 is 1.40 bits per heavy atom. The normalized spacial score (nSPS) is 18.9. The molecule has 1 fully saturated rings. The molecule has 15 heavy (non-hydrogen) atoms. The van der Waals surface area contributed by atoms with Gasteiger partial charge in [0.2, 0.25) is 0 Å². The Hall–Kier alpha value is -1.10. The predicted octanol–water partition coefficient (Wildman–Crippen LogP) is 2.09. The van der Waals surface area contributed by atoms with Crippen molar-refractivity contribution in [3.05, 3.63) is 29.6 Å². The van der Waals surface area contributed by atoms with Crippen molar-refractivity contribution < 1.29 is 13.2 Å². The number of nitrogens with two attached hydrogens (primary N) is 1. The van der Waals surface area contributed by atoms with Crippen LogP contribution in [0.3, 0.4) is 0 Å². The second-order valence-corrected chi connectivity index (χ2v) is 3.88. The van der Waals surface area contributed by atoms with E-state index in [1.807, 2.05) is 0 Å². The fourth-order valence-electron chi connectivity index (χ4n) is 1.75. The maximum absolute atomic E-state index is 12.7. The molecule has 2 nitrogen and oxygen atoms in total. The number of aromatic nitrogens is 1. The Morgan fingerprint density at radius 3 is 2.53 bits per heavy atom. The van der Waals surface area contributed by atoms with Crippen LogP contribution >= 0.6 is 0 Å². The van der Waals surface area contributed by atoms with Gasteiger partial charge in [-0.2, -0.15) is 13.2 Å². The Morgan fingerprint density at radius 2 is 2.07 bits per heavy atom. The second-order valence-electron chi connectivity index (χ2n) is 3.88. The first-order valence-electron chi connectivity index (χ1n) is 4.72. The van der Waals surface area contributed by atoms with Crippen molar-refractivity contribution in [3.8, 4) is 0 Å². The molecule has 1 aromatic heterocycles. The number of hydrogen-bond donors (Lipinski definition) is 1. The Bertz CT molecular complexity index is 369. The molecule has 0 aromatic carbocycles. The number of halogens is 3. The highest BCUT2D eigenvalue weighted by molar-refractivity contribution is 5.35. The van der Waals surface area contributed by atoms with E-state index in [0.717, 1.165) is 6.07 Å². The third-order valence-corrected chi connectivity index (χ3v) is 2.86. The minimum atomic E-state index is -4.34. The summed E-state index contributed by atoms with van der Waals surface area (Å²) < 4.78 is 38.0. The lowest BCUT2D eigenvalue weighted by Crippen LogP contribution is -2.25. The highest BCUT2D eigenvalue weighted by Gasteiger charge is 2.49. The van der Waals surface area contributed by atoms with Crippen molar-refractivity contribution >= 4 is 0 Å². The topological polar surface area (TPSA) is 38.9 Å². The SMILES string of the molecule is NCC1(c2ncccc2C(F)(F)F)CC1. The van der Waals surface area contributed by atoms with E-state index in [9.17, 15) is 13.2 Å². The number of hydrogen-bond acceptors (Lipinski definition) is 2. The summed E-state index contributed by atoms with van der Waals surface area (Å²) in [4.78, 5) is 3.85. The van der Waals surface area contributed by atoms with E-state index in [1.54, 1.807) is 0 Å². The Kier molecular flexibility index (Phi) is 2.22. The summed E-state index contributed by atoms with van der Waals surface area (Å²) in [5, 5.41) is 0. The van der Waals surface area contributed by atoms with E-state index in [-0.39, 0.29) is 12.2 Å². The first kappa shape index (κ1) is 10.4. The minimum Gasteiger partial charge on any atom is -0.330 e. The lowest BCUT2D eigenvalue weighted by molar-refractivity contribution is -0.138. The molecule has 0 aliphatic heterocycles. The van der Waals surface area contributed by atoms with Gasteiger partial charge in [-0.15, -0.1) is 0 Å². The number of rotatable bonds is 2. The van der Waals surface area contributed by atoms with Crippen LogP contribution in [0.5, 0.6) is 0 Å². The van der Waals surface area contributed by atoms with Crippen molar-refractivity contribution in [1.82, 2.24) is 4.98 Å². The van der Waals surface area contributed by atoms with Crippen LogP contribution in [0.25, 0.3) is 0 Å². The van der Waals surface area contributed by atoms with E-state index in [1.165, 1.54) is 12.3 Å². The first-order chi connectivity index (χ1) is 6.99. The van der Waals surface area contributed by atoms with Crippen LogP contribution in [0.4, 0.5) is 13.2 Å². The highest BCUT2D eigenvalue weighted by Crippen LogP contribution is 2.49. The van der Waals surface area contributed by atoms with Gasteiger partial charge in [-0.25, -0.2) is 0 Å². The summed E-state index contributed by atoms with van der Waals surface area (Å²) in [5.74, 6) is 0. The van der Waals surface area contributed by atoms with E-state index >= 15 is 0 Å². The van der Waals surface area contributed by atoms with Gasteiger partial charge in [-0.05, 0) is 25.0 Å². The van der Waals surface area contributed by atoms with E-state index in [2.05, 4.69) is 4.98 Å². The number of alkyl halides is 3. The van der Waals surface area contributed by atoms with Gasteiger partial charge in [0.25, 0.3) is 0 Å². The highest BCUT2D eigenvalue weighted by atomic mass is 19.4. The van der Waals surface area contributed by atoms with E-state index in [0.29, 0.717) is 12.8 Å². The van der Waals surface area contributed by atoms with Crippen LogP contribution in [0.1, 0.15) is 24.1 Å². The number of nitrogens with zero attached hydrogens (tertiary/aromatic N) is 1. The van der Waals surface area contributed by atoms with Crippen molar-refractivity contribution in [3.63, 3.8) is 0 Å². The monoisotopic (exact) mass is 216 g/mol. The fraction of sp³-hybridized carbons (Fsp3) is 0.500. The summed E-state index contributed by atoms with van der Waals surface area (Å²) in [6.45, 7) is 0.229. The number of pyridine rings is 1. The Balaban J connectivity index is 2.48. The van der Waals surface area contributed by atoms with Gasteiger partial charge in [0.15, 0.2) is 0 Å². The molecule has 0 bridgehead atoms. The second kappa shape index (κ2) is 3.20. The zero-order valence-electron chi connectivity index (χ0n) is 8.01. The molecule has 5 heteroatoms. The molecule has 0 unspecified atom stereocenters. The van der Waals surface area contributed by atoms with Gasteiger partial charge in [-0.3, -0.25) is 4.98 Å². The van der Waals surface area contributed by atoms with Gasteiger partial charge in [0.1, 0.15) is 0 Å². The summed E-state index contributed by atoms with van der Waals surface area (Å²) in [6.07, 6.45) is -1.55. The molecular weight excluding hydrogens is 205 g/mol. The van der Waals surface area contributed by atoms with Crippen molar-refractivity contribution in [2.24, 2.45) is 5.73 Å². The first-order valence-corrected chi connectivity index (χ1v) is 4.72. The smallest absolute Gasteiger partial charge is 0.330 e. The molecule has 0 atom stereocenters. The maximum Gasteiger partial charge on any atom is 0.418 e. The Labute approximate surface area is 85.3 Å². The third kappa shape index (κ3) is 1.71. The van der Waals surface area contributed by atoms with Crippen LogP contribution in [-0.2, 0) is 11.6 Å². The molecule has 0 radical (unpaired) electrons. The molecule has 2 N–H and O–H groups in total. The fourth-order valence-corrected chi connectivity index (χ4v) is 1.75. The summed E-state index contributed by atoms with van der Waals surface area (Å²) in [7, 11) is 0. The van der Waals surface area contributed by atoms with Crippen molar-refractivity contribution in [2.75, 3.05) is 6.54 Å². The van der Waals surface area contributed by atoms with Crippen molar-refractivity contribution in [2.45, 2.75) is 24.4 Å². The molecule has 1 heterocycles. The zero-order valence-corrected chi connectivity index (χ0v) is 8.01. The molecule has 1 aliphatic carbocycles. The van der Waals surface area contributed by atoms with Gasteiger partial charge in [-0.1, -0.05) is 0 Å². The summed E-state index contributed by atoms with van der Waals surface area (Å²) in [5.41, 5.74) is 4.45. The lowest BCUT2D eigenvalue weighted by atomic mass is 9.97. The molecule has 0 amide bonds. The van der Waals surface area contributed by atoms with E-state index < -0.39 is 17.2 Å². The van der Waals surface area contributed by atoms with Gasteiger partial charge >= 0.3 is 6.18 Å². The van der Waals surface area contributed by atoms with Crippen molar-refractivity contribution in [1.29, 1.82) is 0 Å². The van der Waals surface area contributed by atoms with Gasteiger partial charge in [0.05, 0.1) is 11.3 Å². The quantitative estimate of drug-likeness (QED) is 0.822. The summed E-state index contributed by atoms with van der Waals surface area (Å²) in [6, 6.07) is 2.37. The largest absolute Gasteiger partial charge is 0.418 e. The molecule has 2 rings (SSSR count). The van der Waals surface area contributed by atoms with Crippen LogP contribution in [0.15, 0.2) is 18.3 Å². The minimum absolute atomic E-state index is 0.111. The average Bonchev–Trinajstić information content (AvgIpc) is 2.97. The van der Waals surface area contributed by atoms with Crippen LogP contribution in [-0.4, -0.2) is 11.5 Å². The third-order valence-electron chi connectivity index (χ3n) is 2.86. The summed E-state index contributed by atoms with van der Waals surface area (Å²) >= 11 is 0. The standard InChI is InChI=1S/C10H11F3N2/c11-10(12,13)7-2-1-5-15-8(7)9(6-14)3-4-9/h1-2,5H,3-4,6,14H2. The van der Waals surface area contributed by atoms with Gasteiger partial charge < -0.3 is 5.73 Å². The van der Waals surface area contributed by atoms with Crippen LogP contribution in [0.2, 0.25) is 0 Å². The lowest BCUT2D eigenvalue weighted by Gasteiger charge is -2.17. The molecule has 1 aromatic rings. The van der Waals surface area contributed by atoms with E-state index in [4.69, 9.17) is 5.73 Å². The maximum atomic E-state index is 12.7. The van der Waals surface area contributed by atoms with Gasteiger partial charge in [0, 0.05) is 18.2 Å². The molecule has 1 saturated carbocycles. The van der Waals surface area contributed by atoms with Crippen LogP contribution in [0, 0.1) is 0 Å². The molecular formula is C10H11F3N2. The predicted molar refractivity (Wildman–Crippen MR) is 49.2 cm³/mol. The average molecular weight is 216 g/mol. The molecule has 1 aliphatic rings.